The zero-order valence-electron chi connectivity index (χ0n) is 11.7. The first-order chi connectivity index (χ1) is 9.74. The number of aromatic nitrogens is 1. The number of carbonyl (C=O) groups excluding carboxylic acids is 1. The molecule has 1 amide bonds. The van der Waals surface area contributed by atoms with E-state index in [0.29, 0.717) is 18.0 Å². The highest BCUT2D eigenvalue weighted by Crippen LogP contribution is 2.27. The van der Waals surface area contributed by atoms with Crippen LogP contribution in [0.15, 0.2) is 30.5 Å². The van der Waals surface area contributed by atoms with E-state index in [1.54, 1.807) is 13.3 Å². The van der Waals surface area contributed by atoms with Gasteiger partial charge in [0, 0.05) is 12.1 Å². The van der Waals surface area contributed by atoms with E-state index in [2.05, 4.69) is 10.3 Å². The molecule has 0 bridgehead atoms. The van der Waals surface area contributed by atoms with Crippen molar-refractivity contribution in [2.45, 2.75) is 6.42 Å². The lowest BCUT2D eigenvalue weighted by molar-refractivity contribution is 0.0957. The fraction of sp³-hybridized carbons (Fsp3) is 0.286. The molecule has 114 valence electrons. The van der Waals surface area contributed by atoms with Crippen molar-refractivity contribution in [3.8, 4) is 16.3 Å². The quantitative estimate of drug-likeness (QED) is 0.798. The molecule has 0 aliphatic carbocycles. The van der Waals surface area contributed by atoms with E-state index in [-0.39, 0.29) is 18.3 Å². The molecule has 2 rings (SSSR count). The molecule has 0 aliphatic rings. The second-order valence-corrected chi connectivity index (χ2v) is 5.19. The number of amides is 1. The van der Waals surface area contributed by atoms with Crippen LogP contribution in [0.4, 0.5) is 0 Å². The summed E-state index contributed by atoms with van der Waals surface area (Å²) in [6, 6.07) is 7.61. The first-order valence-electron chi connectivity index (χ1n) is 6.33. The molecule has 0 radical (unpaired) electrons. The van der Waals surface area contributed by atoms with Gasteiger partial charge in [0.05, 0.1) is 13.3 Å². The monoisotopic (exact) mass is 327 g/mol. The van der Waals surface area contributed by atoms with Gasteiger partial charge in [0.1, 0.15) is 15.6 Å². The molecule has 7 heteroatoms. The molecule has 0 aliphatic heterocycles. The van der Waals surface area contributed by atoms with Crippen LogP contribution in [0.5, 0.6) is 5.75 Å². The Labute approximate surface area is 133 Å². The summed E-state index contributed by atoms with van der Waals surface area (Å²) in [4.78, 5) is 16.8. The van der Waals surface area contributed by atoms with E-state index in [4.69, 9.17) is 10.5 Å². The molecular formula is C14H18ClN3O2S. The molecule has 1 heterocycles. The van der Waals surface area contributed by atoms with E-state index in [9.17, 15) is 4.79 Å². The summed E-state index contributed by atoms with van der Waals surface area (Å²) in [6.07, 6.45) is 2.37. The van der Waals surface area contributed by atoms with Gasteiger partial charge in [-0.3, -0.25) is 4.79 Å². The van der Waals surface area contributed by atoms with Crippen molar-refractivity contribution in [1.82, 2.24) is 10.3 Å². The van der Waals surface area contributed by atoms with E-state index in [1.165, 1.54) is 11.3 Å². The maximum atomic E-state index is 11.9. The maximum Gasteiger partial charge on any atom is 0.263 e. The molecule has 0 saturated carbocycles. The third-order valence-corrected chi connectivity index (χ3v) is 3.76. The maximum absolute atomic E-state index is 11.9. The summed E-state index contributed by atoms with van der Waals surface area (Å²) in [5.74, 6) is 0.664. The van der Waals surface area contributed by atoms with E-state index < -0.39 is 0 Å². The SMILES string of the molecule is COc1cccc(-c2ncc(C(=O)NCCCN)s2)c1.Cl. The van der Waals surface area contributed by atoms with Crippen molar-refractivity contribution in [3.63, 3.8) is 0 Å². The zero-order chi connectivity index (χ0) is 14.4. The smallest absolute Gasteiger partial charge is 0.263 e. The summed E-state index contributed by atoms with van der Waals surface area (Å²) >= 11 is 1.36. The van der Waals surface area contributed by atoms with Crippen molar-refractivity contribution in [3.05, 3.63) is 35.3 Å². The lowest BCUT2D eigenvalue weighted by atomic mass is 10.2. The summed E-state index contributed by atoms with van der Waals surface area (Å²) < 4.78 is 5.18. The Hall–Kier alpha value is -1.63. The van der Waals surface area contributed by atoms with Gasteiger partial charge in [-0.2, -0.15) is 0 Å². The molecule has 21 heavy (non-hydrogen) atoms. The Balaban J connectivity index is 0.00000220. The van der Waals surface area contributed by atoms with Crippen LogP contribution in [0.2, 0.25) is 0 Å². The molecule has 0 atom stereocenters. The number of halogens is 1. The van der Waals surface area contributed by atoms with Crippen LogP contribution in [0.3, 0.4) is 0 Å². The van der Waals surface area contributed by atoms with Gasteiger partial charge in [-0.25, -0.2) is 4.98 Å². The third kappa shape index (κ3) is 4.70. The zero-order valence-corrected chi connectivity index (χ0v) is 13.3. The Morgan fingerprint density at radius 1 is 1.48 bits per heavy atom. The van der Waals surface area contributed by atoms with Crippen molar-refractivity contribution >= 4 is 29.7 Å². The number of nitrogens with two attached hydrogens (primary N) is 1. The van der Waals surface area contributed by atoms with Crippen LogP contribution in [0.25, 0.3) is 10.6 Å². The van der Waals surface area contributed by atoms with E-state index in [0.717, 1.165) is 22.7 Å². The van der Waals surface area contributed by atoms with Gasteiger partial charge in [0.25, 0.3) is 5.91 Å². The predicted molar refractivity (Wildman–Crippen MR) is 87.4 cm³/mol. The number of nitrogens with one attached hydrogen (secondary N) is 1. The molecule has 5 nitrogen and oxygen atoms in total. The molecule has 0 unspecified atom stereocenters. The largest absolute Gasteiger partial charge is 0.497 e. The Kier molecular flexibility index (Phi) is 7.14. The normalized spacial score (nSPS) is 9.81. The van der Waals surface area contributed by atoms with Gasteiger partial charge in [-0.15, -0.1) is 23.7 Å². The van der Waals surface area contributed by atoms with Gasteiger partial charge in [-0.05, 0) is 25.1 Å². The Morgan fingerprint density at radius 2 is 2.29 bits per heavy atom. The molecule has 0 fully saturated rings. The highest BCUT2D eigenvalue weighted by Gasteiger charge is 2.11. The van der Waals surface area contributed by atoms with Gasteiger partial charge < -0.3 is 15.8 Å². The highest BCUT2D eigenvalue weighted by molar-refractivity contribution is 7.16. The van der Waals surface area contributed by atoms with Crippen LogP contribution in [-0.4, -0.2) is 31.1 Å². The summed E-state index contributed by atoms with van der Waals surface area (Å²) in [5.41, 5.74) is 6.33. The molecule has 2 aromatic rings. The van der Waals surface area contributed by atoms with Gasteiger partial charge in [-0.1, -0.05) is 12.1 Å². The number of thiazole rings is 1. The summed E-state index contributed by atoms with van der Waals surface area (Å²) in [5, 5.41) is 3.61. The highest BCUT2D eigenvalue weighted by atomic mass is 35.5. The number of hydrogen-bond acceptors (Lipinski definition) is 5. The minimum Gasteiger partial charge on any atom is -0.497 e. The molecule has 3 N–H and O–H groups in total. The number of carbonyl (C=O) groups is 1. The minimum atomic E-state index is -0.106. The van der Waals surface area contributed by atoms with Crippen LogP contribution in [-0.2, 0) is 0 Å². The number of nitrogens with zero attached hydrogens (tertiary/aromatic N) is 1. The number of hydrogen-bond donors (Lipinski definition) is 2. The van der Waals surface area contributed by atoms with Gasteiger partial charge in [0.2, 0.25) is 0 Å². The van der Waals surface area contributed by atoms with Gasteiger partial charge >= 0.3 is 0 Å². The van der Waals surface area contributed by atoms with Crippen LogP contribution < -0.4 is 15.8 Å². The minimum absolute atomic E-state index is 0. The molecule has 0 saturated heterocycles. The van der Waals surface area contributed by atoms with Crippen molar-refractivity contribution in [1.29, 1.82) is 0 Å². The Bertz CT molecular complexity index is 589. The molecule has 1 aromatic carbocycles. The fourth-order valence-electron chi connectivity index (χ4n) is 1.66. The molecular weight excluding hydrogens is 310 g/mol. The first kappa shape index (κ1) is 17.4. The topological polar surface area (TPSA) is 77.2 Å². The Morgan fingerprint density at radius 3 is 3.00 bits per heavy atom. The molecule has 0 spiro atoms. The first-order valence-corrected chi connectivity index (χ1v) is 7.14. The van der Waals surface area contributed by atoms with Crippen LogP contribution in [0.1, 0.15) is 16.1 Å². The number of rotatable bonds is 6. The predicted octanol–water partition coefficient (Wildman–Crippen LogP) is 2.32. The second kappa shape index (κ2) is 8.61. The van der Waals surface area contributed by atoms with Crippen molar-refractivity contribution < 1.29 is 9.53 Å². The van der Waals surface area contributed by atoms with Gasteiger partial charge in [0.15, 0.2) is 0 Å². The van der Waals surface area contributed by atoms with Crippen LogP contribution >= 0.6 is 23.7 Å². The average Bonchev–Trinajstić information content (AvgIpc) is 2.97. The number of benzene rings is 1. The lowest BCUT2D eigenvalue weighted by Crippen LogP contribution is -2.25. The summed E-state index contributed by atoms with van der Waals surface area (Å²) in [7, 11) is 1.62. The third-order valence-electron chi connectivity index (χ3n) is 2.71. The van der Waals surface area contributed by atoms with Crippen molar-refractivity contribution in [2.75, 3.05) is 20.2 Å². The average molecular weight is 328 g/mol. The standard InChI is InChI=1S/C14H17N3O2S.ClH/c1-19-11-5-2-4-10(8-11)14-17-9-12(20-14)13(18)16-7-3-6-15;/h2,4-5,8-9H,3,6-7,15H2,1H3,(H,16,18);1H. The molecule has 1 aromatic heterocycles. The summed E-state index contributed by atoms with van der Waals surface area (Å²) in [6.45, 7) is 1.15. The van der Waals surface area contributed by atoms with E-state index in [1.807, 2.05) is 24.3 Å². The lowest BCUT2D eigenvalue weighted by Gasteiger charge is -2.01. The van der Waals surface area contributed by atoms with E-state index >= 15 is 0 Å². The number of ether oxygens (including phenoxy) is 1. The van der Waals surface area contributed by atoms with Crippen LogP contribution in [0, 0.1) is 0 Å². The second-order valence-electron chi connectivity index (χ2n) is 4.16. The van der Waals surface area contributed by atoms with Crippen molar-refractivity contribution in [2.24, 2.45) is 5.73 Å². The fourth-order valence-corrected chi connectivity index (χ4v) is 2.49. The number of methoxy groups -OCH3 is 1.